The van der Waals surface area contributed by atoms with E-state index < -0.39 is 10.8 Å². The Labute approximate surface area is 102 Å². The molecule has 17 heavy (non-hydrogen) atoms. The highest BCUT2D eigenvalue weighted by Crippen LogP contribution is 2.00. The van der Waals surface area contributed by atoms with Gasteiger partial charge in [-0.25, -0.2) is 10.8 Å². The summed E-state index contributed by atoms with van der Waals surface area (Å²) in [6.45, 7) is 1.78. The zero-order valence-corrected chi connectivity index (χ0v) is 10.5. The van der Waals surface area contributed by atoms with Crippen LogP contribution < -0.4 is 16.6 Å². The Hall–Kier alpha value is -1.54. The molecule has 0 saturated heterocycles. The molecule has 2 unspecified atom stereocenters. The van der Waals surface area contributed by atoms with Gasteiger partial charge in [0.2, 0.25) is 0 Å². The Morgan fingerprint density at radius 2 is 2.29 bits per heavy atom. The van der Waals surface area contributed by atoms with Gasteiger partial charge in [-0.05, 0) is 6.92 Å². The van der Waals surface area contributed by atoms with E-state index in [9.17, 15) is 9.00 Å². The number of nitrogen functional groups attached to an aromatic ring is 1. The van der Waals surface area contributed by atoms with E-state index in [1.54, 1.807) is 13.2 Å². The Morgan fingerprint density at radius 1 is 1.59 bits per heavy atom. The lowest BCUT2D eigenvalue weighted by atomic mass is 10.3. The topological polar surface area (TPSA) is 110 Å². The third-order valence-corrected chi connectivity index (χ3v) is 2.85. The first-order valence-corrected chi connectivity index (χ1v) is 6.65. The molecule has 94 valence electrons. The van der Waals surface area contributed by atoms with Crippen molar-refractivity contribution in [3.63, 3.8) is 0 Å². The number of rotatable bonds is 5. The van der Waals surface area contributed by atoms with Crippen LogP contribution in [0.3, 0.4) is 0 Å². The van der Waals surface area contributed by atoms with Gasteiger partial charge in [0.15, 0.2) is 5.82 Å². The van der Waals surface area contributed by atoms with E-state index in [4.69, 9.17) is 5.84 Å². The third kappa shape index (κ3) is 4.45. The molecule has 0 spiro atoms. The van der Waals surface area contributed by atoms with E-state index >= 15 is 0 Å². The molecule has 1 aromatic heterocycles. The summed E-state index contributed by atoms with van der Waals surface area (Å²) >= 11 is 0. The summed E-state index contributed by atoms with van der Waals surface area (Å²) in [5.74, 6) is 5.50. The number of carbonyl (C=O) groups excluding carboxylic acids is 1. The molecule has 0 aromatic carbocycles. The van der Waals surface area contributed by atoms with E-state index in [0.29, 0.717) is 11.6 Å². The van der Waals surface area contributed by atoms with Gasteiger partial charge in [0.05, 0.1) is 12.4 Å². The van der Waals surface area contributed by atoms with Crippen LogP contribution >= 0.6 is 0 Å². The second-order valence-corrected chi connectivity index (χ2v) is 5.03. The highest BCUT2D eigenvalue weighted by atomic mass is 32.2. The molecular formula is C9H15N5O2S. The Kier molecular flexibility index (Phi) is 4.98. The number of anilines is 1. The maximum Gasteiger partial charge on any atom is 0.271 e. The van der Waals surface area contributed by atoms with Crippen molar-refractivity contribution in [3.05, 3.63) is 18.1 Å². The van der Waals surface area contributed by atoms with Crippen LogP contribution in [0.5, 0.6) is 0 Å². The van der Waals surface area contributed by atoms with Crippen molar-refractivity contribution in [2.75, 3.05) is 17.4 Å². The van der Waals surface area contributed by atoms with Crippen molar-refractivity contribution in [1.29, 1.82) is 0 Å². The number of amides is 1. The summed E-state index contributed by atoms with van der Waals surface area (Å²) in [7, 11) is -0.958. The summed E-state index contributed by atoms with van der Waals surface area (Å²) in [4.78, 5) is 19.5. The summed E-state index contributed by atoms with van der Waals surface area (Å²) in [6, 6.07) is -0.190. The number of carbonyl (C=O) groups is 1. The highest BCUT2D eigenvalue weighted by Gasteiger charge is 2.12. The molecule has 1 amide bonds. The molecule has 0 fully saturated rings. The van der Waals surface area contributed by atoms with Crippen LogP contribution in [0.2, 0.25) is 0 Å². The first kappa shape index (κ1) is 13.5. The Morgan fingerprint density at radius 3 is 2.88 bits per heavy atom. The molecule has 1 aromatic rings. The molecule has 8 heteroatoms. The van der Waals surface area contributed by atoms with E-state index in [-0.39, 0.29) is 17.6 Å². The predicted molar refractivity (Wildman–Crippen MR) is 65.7 cm³/mol. The Bertz CT molecular complexity index is 426. The van der Waals surface area contributed by atoms with E-state index in [1.807, 2.05) is 0 Å². The van der Waals surface area contributed by atoms with Gasteiger partial charge in [-0.1, -0.05) is 0 Å². The molecule has 0 bridgehead atoms. The third-order valence-electron chi connectivity index (χ3n) is 1.88. The second-order valence-electron chi connectivity index (χ2n) is 3.55. The number of aromatic nitrogens is 2. The fourth-order valence-electron chi connectivity index (χ4n) is 1.24. The molecule has 0 aliphatic rings. The van der Waals surface area contributed by atoms with E-state index in [2.05, 4.69) is 20.7 Å². The average molecular weight is 257 g/mol. The van der Waals surface area contributed by atoms with Crippen LogP contribution in [-0.4, -0.2) is 38.1 Å². The lowest BCUT2D eigenvalue weighted by molar-refractivity contribution is 0.0938. The van der Waals surface area contributed by atoms with Crippen LogP contribution in [-0.2, 0) is 10.8 Å². The van der Waals surface area contributed by atoms with E-state index in [1.165, 1.54) is 12.4 Å². The fraction of sp³-hybridized carbons (Fsp3) is 0.444. The highest BCUT2D eigenvalue weighted by molar-refractivity contribution is 7.84. The zero-order chi connectivity index (χ0) is 12.8. The minimum absolute atomic E-state index is 0.161. The normalized spacial score (nSPS) is 13.8. The van der Waals surface area contributed by atoms with Crippen LogP contribution in [0.1, 0.15) is 17.4 Å². The van der Waals surface area contributed by atoms with Crippen LogP contribution in [0.4, 0.5) is 5.82 Å². The molecule has 4 N–H and O–H groups in total. The lowest BCUT2D eigenvalue weighted by Crippen LogP contribution is -2.36. The van der Waals surface area contributed by atoms with Gasteiger partial charge in [0, 0.05) is 28.9 Å². The molecule has 0 saturated carbocycles. The quantitative estimate of drug-likeness (QED) is 0.473. The van der Waals surface area contributed by atoms with Crippen molar-refractivity contribution in [2.24, 2.45) is 5.84 Å². The monoisotopic (exact) mass is 257 g/mol. The van der Waals surface area contributed by atoms with Gasteiger partial charge >= 0.3 is 0 Å². The summed E-state index contributed by atoms with van der Waals surface area (Å²) in [5, 5.41) is 2.68. The molecule has 1 heterocycles. The smallest absolute Gasteiger partial charge is 0.271 e. The molecule has 0 radical (unpaired) electrons. The second kappa shape index (κ2) is 6.26. The van der Waals surface area contributed by atoms with Gasteiger partial charge in [-0.2, -0.15) is 0 Å². The maximum absolute atomic E-state index is 11.7. The summed E-state index contributed by atoms with van der Waals surface area (Å²) < 4.78 is 11.0. The maximum atomic E-state index is 11.7. The number of nitrogens with one attached hydrogen (secondary N) is 2. The first-order chi connectivity index (χ1) is 8.02. The molecule has 7 nitrogen and oxygen atoms in total. The zero-order valence-electron chi connectivity index (χ0n) is 9.64. The number of nitrogens with zero attached hydrogens (tertiary/aromatic N) is 2. The van der Waals surface area contributed by atoms with Crippen LogP contribution in [0.15, 0.2) is 12.4 Å². The van der Waals surface area contributed by atoms with Gasteiger partial charge in [-0.3, -0.25) is 14.0 Å². The number of nitrogens with two attached hydrogens (primary N) is 1. The average Bonchev–Trinajstić information content (AvgIpc) is 2.27. The van der Waals surface area contributed by atoms with Crippen molar-refractivity contribution in [1.82, 2.24) is 15.3 Å². The van der Waals surface area contributed by atoms with Crippen LogP contribution in [0, 0.1) is 0 Å². The van der Waals surface area contributed by atoms with Crippen molar-refractivity contribution in [3.8, 4) is 0 Å². The van der Waals surface area contributed by atoms with Crippen molar-refractivity contribution >= 4 is 22.5 Å². The van der Waals surface area contributed by atoms with Crippen LogP contribution in [0.25, 0.3) is 0 Å². The Balaban J connectivity index is 2.66. The molecular weight excluding hydrogens is 242 g/mol. The molecule has 0 aliphatic heterocycles. The predicted octanol–water partition coefficient (Wildman–Crippen LogP) is -0.741. The fourth-order valence-corrected chi connectivity index (χ4v) is 2.02. The van der Waals surface area contributed by atoms with Gasteiger partial charge in [0.1, 0.15) is 5.69 Å². The van der Waals surface area contributed by atoms with Crippen molar-refractivity contribution < 1.29 is 9.00 Å². The molecule has 1 rings (SSSR count). The number of hydrazine groups is 1. The summed E-state index contributed by atoms with van der Waals surface area (Å²) in [6.07, 6.45) is 4.33. The van der Waals surface area contributed by atoms with Gasteiger partial charge in [-0.15, -0.1) is 0 Å². The number of hydrogen-bond donors (Lipinski definition) is 3. The molecule has 0 aliphatic carbocycles. The lowest BCUT2D eigenvalue weighted by Gasteiger charge is -2.11. The largest absolute Gasteiger partial charge is 0.347 e. The van der Waals surface area contributed by atoms with E-state index in [0.717, 1.165) is 0 Å². The SMILES string of the molecule is CC(CS(C)=O)NC(=O)c1cncc(NN)n1. The number of hydrogen-bond acceptors (Lipinski definition) is 6. The summed E-state index contributed by atoms with van der Waals surface area (Å²) in [5.41, 5.74) is 2.47. The minimum atomic E-state index is -0.958. The van der Waals surface area contributed by atoms with Gasteiger partial charge < -0.3 is 10.7 Å². The standard InChI is InChI=1S/C9H15N5O2S/c1-6(5-17(2)16)12-9(15)7-3-11-4-8(13-7)14-10/h3-4,6H,5,10H2,1-2H3,(H,12,15)(H,13,14). The van der Waals surface area contributed by atoms with Gasteiger partial charge in [0.25, 0.3) is 5.91 Å². The minimum Gasteiger partial charge on any atom is -0.347 e. The first-order valence-electron chi connectivity index (χ1n) is 4.92. The van der Waals surface area contributed by atoms with Crippen molar-refractivity contribution in [2.45, 2.75) is 13.0 Å². The molecule has 2 atom stereocenters.